The van der Waals surface area contributed by atoms with Crippen LogP contribution in [0.15, 0.2) is 54.9 Å². The molecule has 7 nitrogen and oxygen atoms in total. The first-order valence-electron chi connectivity index (χ1n) is 9.84. The lowest BCUT2D eigenvalue weighted by Crippen LogP contribution is -2.48. The Morgan fingerprint density at radius 2 is 2.14 bits per heavy atom. The van der Waals surface area contributed by atoms with Crippen molar-refractivity contribution in [2.75, 3.05) is 25.1 Å². The third-order valence-electron chi connectivity index (χ3n) is 5.16. The van der Waals surface area contributed by atoms with Crippen LogP contribution in [0.25, 0.3) is 11.3 Å². The van der Waals surface area contributed by atoms with E-state index < -0.39 is 0 Å². The van der Waals surface area contributed by atoms with Gasteiger partial charge in [-0.1, -0.05) is 12.1 Å². The number of amides is 1. The number of methoxy groups -OCH3 is 1. The van der Waals surface area contributed by atoms with Gasteiger partial charge in [0.15, 0.2) is 5.82 Å². The first-order valence-corrected chi connectivity index (χ1v) is 9.84. The van der Waals surface area contributed by atoms with Crippen molar-refractivity contribution < 1.29 is 9.53 Å². The molecule has 2 N–H and O–H groups in total. The van der Waals surface area contributed by atoms with Crippen LogP contribution in [0.1, 0.15) is 18.4 Å². The average Bonchev–Trinajstić information content (AvgIpc) is 3.25. The number of ether oxygens (including phenoxy) is 1. The van der Waals surface area contributed by atoms with Crippen LogP contribution in [0.3, 0.4) is 0 Å². The van der Waals surface area contributed by atoms with Crippen LogP contribution in [0, 0.1) is 0 Å². The molecule has 3 heterocycles. The Balaban J connectivity index is 1.36. The molecule has 0 saturated carbocycles. The highest BCUT2D eigenvalue weighted by molar-refractivity contribution is 5.79. The van der Waals surface area contributed by atoms with Gasteiger partial charge < -0.3 is 15.0 Å². The summed E-state index contributed by atoms with van der Waals surface area (Å²) in [6, 6.07) is 13.7. The Bertz CT molecular complexity index is 957. The quantitative estimate of drug-likeness (QED) is 0.675. The lowest BCUT2D eigenvalue weighted by atomic mass is 10.0. The van der Waals surface area contributed by atoms with E-state index >= 15 is 0 Å². The third kappa shape index (κ3) is 4.74. The zero-order valence-corrected chi connectivity index (χ0v) is 16.5. The van der Waals surface area contributed by atoms with Gasteiger partial charge in [-0.25, -0.2) is 0 Å². The Morgan fingerprint density at radius 3 is 2.97 bits per heavy atom. The largest absolute Gasteiger partial charge is 0.497 e. The number of nitrogens with one attached hydrogen (secondary N) is 2. The Labute approximate surface area is 170 Å². The average molecular weight is 391 g/mol. The Morgan fingerprint density at radius 1 is 1.28 bits per heavy atom. The standard InChI is InChI=1S/C22H25N5O2/c1-29-19-6-2-4-16(12-19)13-22(28)24-18-5-3-11-27(15-18)21-14-20(25-26-21)17-7-9-23-10-8-17/h2,4,6-10,12,14,18H,3,5,11,13,15H2,1H3,(H,24,28)(H,25,26)/t18-/m0/s1. The highest BCUT2D eigenvalue weighted by Gasteiger charge is 2.23. The van der Waals surface area contributed by atoms with Crippen molar-refractivity contribution in [2.24, 2.45) is 0 Å². The molecule has 4 rings (SSSR count). The van der Waals surface area contributed by atoms with Crippen LogP contribution in [-0.2, 0) is 11.2 Å². The zero-order chi connectivity index (χ0) is 20.1. The number of hydrogen-bond donors (Lipinski definition) is 2. The van der Waals surface area contributed by atoms with Crippen molar-refractivity contribution in [3.8, 4) is 17.0 Å². The number of aromatic nitrogens is 3. The summed E-state index contributed by atoms with van der Waals surface area (Å²) in [5.74, 6) is 1.70. The predicted octanol–water partition coefficient (Wildman–Crippen LogP) is 2.81. The summed E-state index contributed by atoms with van der Waals surface area (Å²) in [5, 5.41) is 10.7. The summed E-state index contributed by atoms with van der Waals surface area (Å²) < 4.78 is 5.23. The van der Waals surface area contributed by atoms with Gasteiger partial charge in [-0.3, -0.25) is 14.9 Å². The first-order chi connectivity index (χ1) is 14.2. The SMILES string of the molecule is COc1cccc(CC(=O)N[C@H]2CCCN(c3cc(-c4ccncc4)[nH]n3)C2)c1. The summed E-state index contributed by atoms with van der Waals surface area (Å²) >= 11 is 0. The number of nitrogens with zero attached hydrogens (tertiary/aromatic N) is 3. The second-order valence-corrected chi connectivity index (χ2v) is 7.26. The molecule has 1 aliphatic rings. The molecule has 1 amide bonds. The van der Waals surface area contributed by atoms with Crippen molar-refractivity contribution >= 4 is 11.7 Å². The second kappa shape index (κ2) is 8.77. The highest BCUT2D eigenvalue weighted by Crippen LogP contribution is 2.24. The molecular weight excluding hydrogens is 366 g/mol. The third-order valence-corrected chi connectivity index (χ3v) is 5.16. The monoisotopic (exact) mass is 391 g/mol. The van der Waals surface area contributed by atoms with Gasteiger partial charge >= 0.3 is 0 Å². The molecule has 1 saturated heterocycles. The van der Waals surface area contributed by atoms with Gasteiger partial charge in [-0.2, -0.15) is 5.10 Å². The van der Waals surface area contributed by atoms with Crippen LogP contribution < -0.4 is 15.0 Å². The molecule has 1 atom stereocenters. The molecular formula is C22H25N5O2. The smallest absolute Gasteiger partial charge is 0.224 e. The maximum atomic E-state index is 12.5. The van der Waals surface area contributed by atoms with E-state index in [-0.39, 0.29) is 11.9 Å². The molecule has 2 aromatic heterocycles. The maximum Gasteiger partial charge on any atom is 0.224 e. The van der Waals surface area contributed by atoms with E-state index in [4.69, 9.17) is 4.74 Å². The van der Waals surface area contributed by atoms with Crippen molar-refractivity contribution in [1.82, 2.24) is 20.5 Å². The van der Waals surface area contributed by atoms with Gasteiger partial charge in [0.2, 0.25) is 5.91 Å². The summed E-state index contributed by atoms with van der Waals surface area (Å²) in [5.41, 5.74) is 2.97. The van der Waals surface area contributed by atoms with Crippen LogP contribution in [-0.4, -0.2) is 47.3 Å². The van der Waals surface area contributed by atoms with Gasteiger partial charge in [0.25, 0.3) is 0 Å². The van der Waals surface area contributed by atoms with Crippen LogP contribution in [0.2, 0.25) is 0 Å². The van der Waals surface area contributed by atoms with Crippen molar-refractivity contribution in [2.45, 2.75) is 25.3 Å². The predicted molar refractivity (Wildman–Crippen MR) is 112 cm³/mol. The molecule has 7 heteroatoms. The Hall–Kier alpha value is -3.35. The van der Waals surface area contributed by atoms with Crippen LogP contribution >= 0.6 is 0 Å². The lowest BCUT2D eigenvalue weighted by molar-refractivity contribution is -0.121. The van der Waals surface area contributed by atoms with Crippen LogP contribution in [0.4, 0.5) is 5.82 Å². The number of rotatable bonds is 6. The van der Waals surface area contributed by atoms with Gasteiger partial charge in [-0.15, -0.1) is 0 Å². The molecule has 1 fully saturated rings. The van der Waals surface area contributed by atoms with Gasteiger partial charge in [0, 0.05) is 43.2 Å². The first kappa shape index (κ1) is 19.0. The highest BCUT2D eigenvalue weighted by atomic mass is 16.5. The molecule has 0 unspecified atom stereocenters. The second-order valence-electron chi connectivity index (χ2n) is 7.26. The topological polar surface area (TPSA) is 83.1 Å². The fraction of sp³-hybridized carbons (Fsp3) is 0.318. The molecule has 0 aliphatic carbocycles. The van der Waals surface area contributed by atoms with Gasteiger partial charge in [0.1, 0.15) is 5.75 Å². The van der Waals surface area contributed by atoms with Gasteiger partial charge in [0.05, 0.1) is 19.2 Å². The lowest BCUT2D eigenvalue weighted by Gasteiger charge is -2.33. The number of pyridine rings is 1. The molecule has 1 aromatic carbocycles. The van der Waals surface area contributed by atoms with Crippen LogP contribution in [0.5, 0.6) is 5.75 Å². The minimum absolute atomic E-state index is 0.0320. The molecule has 29 heavy (non-hydrogen) atoms. The molecule has 0 bridgehead atoms. The molecule has 150 valence electrons. The maximum absolute atomic E-state index is 12.5. The van der Waals surface area contributed by atoms with E-state index in [1.165, 1.54) is 0 Å². The summed E-state index contributed by atoms with van der Waals surface area (Å²) in [6.45, 7) is 1.69. The number of aromatic amines is 1. The van der Waals surface area contributed by atoms with E-state index in [0.29, 0.717) is 6.42 Å². The number of anilines is 1. The minimum atomic E-state index is 0.0320. The van der Waals surface area contributed by atoms with E-state index in [2.05, 4.69) is 31.5 Å². The number of piperidine rings is 1. The summed E-state index contributed by atoms with van der Waals surface area (Å²) in [6.07, 6.45) is 5.88. The van der Waals surface area contributed by atoms with E-state index in [9.17, 15) is 4.79 Å². The summed E-state index contributed by atoms with van der Waals surface area (Å²) in [7, 11) is 1.63. The number of benzene rings is 1. The molecule has 1 aliphatic heterocycles. The summed E-state index contributed by atoms with van der Waals surface area (Å²) in [4.78, 5) is 18.8. The van der Waals surface area contributed by atoms with E-state index in [0.717, 1.165) is 54.3 Å². The minimum Gasteiger partial charge on any atom is -0.497 e. The molecule has 3 aromatic rings. The number of carbonyl (C=O) groups is 1. The fourth-order valence-corrected chi connectivity index (χ4v) is 3.70. The van der Waals surface area contributed by atoms with E-state index in [1.54, 1.807) is 19.5 Å². The molecule has 0 radical (unpaired) electrons. The van der Waals surface area contributed by atoms with Gasteiger partial charge in [-0.05, 0) is 42.7 Å². The molecule has 0 spiro atoms. The van der Waals surface area contributed by atoms with Crippen molar-refractivity contribution in [1.29, 1.82) is 0 Å². The van der Waals surface area contributed by atoms with E-state index in [1.807, 2.05) is 36.4 Å². The number of hydrogen-bond acceptors (Lipinski definition) is 5. The zero-order valence-electron chi connectivity index (χ0n) is 16.5. The number of H-pyrrole nitrogens is 1. The number of carbonyl (C=O) groups excluding carboxylic acids is 1. The fourth-order valence-electron chi connectivity index (χ4n) is 3.70. The van der Waals surface area contributed by atoms with Crippen molar-refractivity contribution in [3.63, 3.8) is 0 Å². The normalized spacial score (nSPS) is 16.4. The Kier molecular flexibility index (Phi) is 5.74. The van der Waals surface area contributed by atoms with Crippen molar-refractivity contribution in [3.05, 3.63) is 60.4 Å².